The van der Waals surface area contributed by atoms with Crippen molar-refractivity contribution in [1.29, 1.82) is 0 Å². The lowest BCUT2D eigenvalue weighted by Gasteiger charge is -2.26. The van der Waals surface area contributed by atoms with E-state index in [1.807, 2.05) is 10.3 Å². The van der Waals surface area contributed by atoms with Gasteiger partial charge in [-0.05, 0) is 56.9 Å². The molecular weight excluding hydrogens is 332 g/mol. The number of amides is 1. The number of benzene rings is 1. The molecule has 1 amide bonds. The molecule has 1 unspecified atom stereocenters. The van der Waals surface area contributed by atoms with Gasteiger partial charge in [0.15, 0.2) is 0 Å². The van der Waals surface area contributed by atoms with Gasteiger partial charge in [-0.25, -0.2) is 4.98 Å². The van der Waals surface area contributed by atoms with Crippen LogP contribution in [-0.4, -0.2) is 21.8 Å². The normalized spacial score (nSPS) is 12.1. The van der Waals surface area contributed by atoms with Crippen LogP contribution in [0.2, 0.25) is 0 Å². The molecule has 2 aromatic rings. The van der Waals surface area contributed by atoms with E-state index in [0.29, 0.717) is 13.2 Å². The van der Waals surface area contributed by atoms with Crippen LogP contribution in [0.25, 0.3) is 0 Å². The Balaban J connectivity index is 2.03. The number of aromatic nitrogens is 1. The van der Waals surface area contributed by atoms with E-state index in [1.54, 1.807) is 18.3 Å². The molecule has 0 N–H and O–H groups in total. The highest BCUT2D eigenvalue weighted by Crippen LogP contribution is 2.25. The maximum absolute atomic E-state index is 11.8. The van der Waals surface area contributed by atoms with Crippen molar-refractivity contribution in [2.75, 3.05) is 0 Å². The van der Waals surface area contributed by atoms with Crippen molar-refractivity contribution in [2.24, 2.45) is 0 Å². The first-order valence-corrected chi connectivity index (χ1v) is 9.60. The lowest BCUT2D eigenvalue weighted by molar-refractivity contribution is -0.131. The van der Waals surface area contributed by atoms with E-state index in [1.165, 1.54) is 16.7 Å². The van der Waals surface area contributed by atoms with Gasteiger partial charge in [-0.15, -0.1) is 11.3 Å². The lowest BCUT2D eigenvalue weighted by atomic mass is 10.1. The molecule has 1 aromatic heterocycles. The topological polar surface area (TPSA) is 42.4 Å². The molecule has 2 rings (SSSR count). The largest absolute Gasteiger partial charge is 0.486 e. The minimum atomic E-state index is 0.0889. The molecule has 1 aromatic carbocycles. The molecule has 0 saturated carbocycles. The zero-order valence-corrected chi connectivity index (χ0v) is 16.9. The van der Waals surface area contributed by atoms with Crippen molar-refractivity contribution in [3.8, 4) is 5.75 Å². The number of ether oxygens (including phenoxy) is 1. The summed E-state index contributed by atoms with van der Waals surface area (Å²) in [5, 5.41) is 2.95. The van der Waals surface area contributed by atoms with Gasteiger partial charge in [-0.1, -0.05) is 13.0 Å². The Morgan fingerprint density at radius 2 is 2.04 bits per heavy atom. The lowest BCUT2D eigenvalue weighted by Crippen LogP contribution is -2.36. The molecule has 0 radical (unpaired) electrons. The van der Waals surface area contributed by atoms with Crippen molar-refractivity contribution in [2.45, 2.75) is 67.2 Å². The average molecular weight is 361 g/mol. The molecule has 1 heterocycles. The second-order valence-corrected chi connectivity index (χ2v) is 7.57. The summed E-state index contributed by atoms with van der Waals surface area (Å²) in [5.74, 6) is 1.00. The Morgan fingerprint density at radius 1 is 1.32 bits per heavy atom. The standard InChI is InChI=1S/C20H28N2O2S/c1-7-15(4)22(17(6)23)10-18-12-25-20(21-18)11-24-19-9-13(2)8-14(3)16(19)5/h8-9,12,15H,7,10-11H2,1-6H3. The van der Waals surface area contributed by atoms with Gasteiger partial charge < -0.3 is 9.64 Å². The number of nitrogens with zero attached hydrogens (tertiary/aromatic N) is 2. The number of hydrogen-bond donors (Lipinski definition) is 0. The second-order valence-electron chi connectivity index (χ2n) is 6.63. The Bertz CT molecular complexity index is 739. The third kappa shape index (κ3) is 5.05. The SMILES string of the molecule is CCC(C)N(Cc1csc(COc2cc(C)cc(C)c2C)n1)C(C)=O. The number of carbonyl (C=O) groups is 1. The zero-order chi connectivity index (χ0) is 18.6. The number of carbonyl (C=O) groups excluding carboxylic acids is 1. The van der Waals surface area contributed by atoms with E-state index in [4.69, 9.17) is 4.74 Å². The fourth-order valence-electron chi connectivity index (χ4n) is 2.75. The summed E-state index contributed by atoms with van der Waals surface area (Å²) in [4.78, 5) is 18.4. The maximum Gasteiger partial charge on any atom is 0.220 e. The fourth-order valence-corrected chi connectivity index (χ4v) is 3.45. The first kappa shape index (κ1) is 19.4. The Kier molecular flexibility index (Phi) is 6.59. The molecule has 0 bridgehead atoms. The molecule has 25 heavy (non-hydrogen) atoms. The van der Waals surface area contributed by atoms with Gasteiger partial charge in [0, 0.05) is 18.3 Å². The van der Waals surface area contributed by atoms with Crippen LogP contribution >= 0.6 is 11.3 Å². The van der Waals surface area contributed by atoms with Gasteiger partial charge in [0.1, 0.15) is 17.4 Å². The first-order chi connectivity index (χ1) is 11.8. The number of thiazole rings is 1. The Hall–Kier alpha value is -1.88. The van der Waals surface area contributed by atoms with Crippen LogP contribution in [0, 0.1) is 20.8 Å². The molecule has 0 aliphatic heterocycles. The van der Waals surface area contributed by atoms with Gasteiger partial charge in [0.25, 0.3) is 0 Å². The van der Waals surface area contributed by atoms with Crippen molar-refractivity contribution in [3.63, 3.8) is 0 Å². The quantitative estimate of drug-likeness (QED) is 0.712. The molecule has 0 saturated heterocycles. The molecule has 0 aliphatic rings. The molecule has 0 aliphatic carbocycles. The van der Waals surface area contributed by atoms with E-state index < -0.39 is 0 Å². The summed E-state index contributed by atoms with van der Waals surface area (Å²) in [6.45, 7) is 13.0. The highest BCUT2D eigenvalue weighted by Gasteiger charge is 2.17. The molecule has 0 fully saturated rings. The van der Waals surface area contributed by atoms with Crippen LogP contribution in [0.15, 0.2) is 17.5 Å². The van der Waals surface area contributed by atoms with Crippen LogP contribution in [0.4, 0.5) is 0 Å². The van der Waals surface area contributed by atoms with E-state index in [0.717, 1.165) is 22.9 Å². The summed E-state index contributed by atoms with van der Waals surface area (Å²) in [6, 6.07) is 4.45. The minimum absolute atomic E-state index is 0.0889. The second kappa shape index (κ2) is 8.48. The van der Waals surface area contributed by atoms with Gasteiger partial charge in [-0.3, -0.25) is 4.79 Å². The van der Waals surface area contributed by atoms with Crippen LogP contribution in [0.5, 0.6) is 5.75 Å². The molecule has 1 atom stereocenters. The number of aryl methyl sites for hydroxylation is 2. The predicted molar refractivity (Wildman–Crippen MR) is 103 cm³/mol. The fraction of sp³-hybridized carbons (Fsp3) is 0.500. The summed E-state index contributed by atoms with van der Waals surface area (Å²) >= 11 is 1.58. The van der Waals surface area contributed by atoms with E-state index in [-0.39, 0.29) is 11.9 Å². The van der Waals surface area contributed by atoms with E-state index in [9.17, 15) is 4.79 Å². The smallest absolute Gasteiger partial charge is 0.220 e. The maximum atomic E-state index is 11.8. The van der Waals surface area contributed by atoms with Gasteiger partial charge in [0.2, 0.25) is 5.91 Å². The first-order valence-electron chi connectivity index (χ1n) is 8.73. The zero-order valence-electron chi connectivity index (χ0n) is 16.0. The van der Waals surface area contributed by atoms with Crippen LogP contribution in [0.3, 0.4) is 0 Å². The summed E-state index contributed by atoms with van der Waals surface area (Å²) in [5.41, 5.74) is 4.53. The third-order valence-corrected chi connectivity index (χ3v) is 5.45. The average Bonchev–Trinajstić information content (AvgIpc) is 3.01. The van der Waals surface area contributed by atoms with Crippen LogP contribution in [-0.2, 0) is 17.9 Å². The number of rotatable bonds is 7. The van der Waals surface area contributed by atoms with E-state index >= 15 is 0 Å². The Labute approximate surface area is 154 Å². The van der Waals surface area contributed by atoms with Crippen LogP contribution in [0.1, 0.15) is 54.6 Å². The summed E-state index contributed by atoms with van der Waals surface area (Å²) < 4.78 is 5.99. The molecule has 4 nitrogen and oxygen atoms in total. The third-order valence-electron chi connectivity index (χ3n) is 4.57. The summed E-state index contributed by atoms with van der Waals surface area (Å²) in [7, 11) is 0. The predicted octanol–water partition coefficient (Wildman–Crippen LogP) is 4.79. The van der Waals surface area contributed by atoms with Crippen molar-refractivity contribution in [1.82, 2.24) is 9.88 Å². The van der Waals surface area contributed by atoms with Crippen LogP contribution < -0.4 is 4.74 Å². The molecule has 136 valence electrons. The van der Waals surface area contributed by atoms with Crippen molar-refractivity contribution < 1.29 is 9.53 Å². The summed E-state index contributed by atoms with van der Waals surface area (Å²) in [6.07, 6.45) is 0.936. The van der Waals surface area contributed by atoms with Gasteiger partial charge in [0.05, 0.1) is 12.2 Å². The molecule has 5 heteroatoms. The van der Waals surface area contributed by atoms with Crippen molar-refractivity contribution in [3.05, 3.63) is 44.9 Å². The molecular formula is C20H28N2O2S. The van der Waals surface area contributed by atoms with Crippen molar-refractivity contribution >= 4 is 17.2 Å². The van der Waals surface area contributed by atoms with E-state index in [2.05, 4.69) is 51.7 Å². The highest BCUT2D eigenvalue weighted by molar-refractivity contribution is 7.09. The minimum Gasteiger partial charge on any atom is -0.486 e. The monoisotopic (exact) mass is 360 g/mol. The highest BCUT2D eigenvalue weighted by atomic mass is 32.1. The molecule has 0 spiro atoms. The number of hydrogen-bond acceptors (Lipinski definition) is 4. The van der Waals surface area contributed by atoms with Gasteiger partial charge in [-0.2, -0.15) is 0 Å². The Morgan fingerprint density at radius 3 is 2.68 bits per heavy atom. The van der Waals surface area contributed by atoms with Gasteiger partial charge >= 0.3 is 0 Å².